The Balaban J connectivity index is 1.29. The zero-order valence-corrected chi connectivity index (χ0v) is 25.5. The fourth-order valence-electron chi connectivity index (χ4n) is 9.44. The Morgan fingerprint density at radius 3 is 2.58 bits per heavy atom. The molecule has 4 nitrogen and oxygen atoms in total. The molecular formula is C34H58N2O2. The van der Waals surface area contributed by atoms with Crippen molar-refractivity contribution in [3.63, 3.8) is 0 Å². The molecule has 0 aromatic carbocycles. The van der Waals surface area contributed by atoms with Gasteiger partial charge in [0, 0.05) is 18.7 Å². The molecule has 38 heavy (non-hydrogen) atoms. The van der Waals surface area contributed by atoms with Crippen molar-refractivity contribution in [3.8, 4) is 0 Å². The van der Waals surface area contributed by atoms with E-state index >= 15 is 0 Å². The van der Waals surface area contributed by atoms with Gasteiger partial charge in [0.15, 0.2) is 0 Å². The predicted octanol–water partition coefficient (Wildman–Crippen LogP) is 8.00. The maximum atomic E-state index is 11.6. The molecule has 1 amide bonds. The third-order valence-corrected chi connectivity index (χ3v) is 11.6. The Bertz CT molecular complexity index is 865. The standard InChI is InChI=1S/C34H58N2O2/c1-23(2)10-8-11-25(5)29-14-15-30-28-13-12-26-22-27(38-36-21-9-20-35-32(37)24(3)4)16-18-33(26,6)31(28)17-19-34(29,30)7/h12,23,25,27-31,36H,3,8-11,13-22H2,1-2,4-7H3,(H,35,37)/t25-,27+,28+,29-,30+,31+,33+,34-/m1/s1. The molecule has 0 spiro atoms. The van der Waals surface area contributed by atoms with Crippen LogP contribution in [0.2, 0.25) is 0 Å². The largest absolute Gasteiger partial charge is 0.352 e. The SMILES string of the molecule is C=C(C)C(=O)NCCCNO[C@H]1CC[C@@]2(C)C(=CC[C@H]3[C@@H]4CC[C@H]([C@H](C)CCCC(C)C)[C@@]4(C)CC[C@@H]32)C1. The third kappa shape index (κ3) is 6.27. The average Bonchev–Trinajstić information content (AvgIpc) is 3.23. The van der Waals surface area contributed by atoms with Crippen molar-refractivity contribution in [2.24, 2.45) is 46.3 Å². The average molecular weight is 527 g/mol. The van der Waals surface area contributed by atoms with Crippen LogP contribution in [0.15, 0.2) is 23.8 Å². The highest BCUT2D eigenvalue weighted by Gasteiger charge is 2.59. The smallest absolute Gasteiger partial charge is 0.246 e. The van der Waals surface area contributed by atoms with Crippen molar-refractivity contribution in [1.29, 1.82) is 0 Å². The zero-order chi connectivity index (χ0) is 27.5. The molecule has 0 bridgehead atoms. The van der Waals surface area contributed by atoms with E-state index in [1.807, 2.05) is 0 Å². The second-order valence-corrected chi connectivity index (χ2v) is 14.6. The van der Waals surface area contributed by atoms with E-state index in [1.165, 1.54) is 57.8 Å². The summed E-state index contributed by atoms with van der Waals surface area (Å²) < 4.78 is 0. The minimum atomic E-state index is -0.0627. The maximum absolute atomic E-state index is 11.6. The fourth-order valence-corrected chi connectivity index (χ4v) is 9.44. The number of carbonyl (C=O) groups excluding carboxylic acids is 1. The van der Waals surface area contributed by atoms with Gasteiger partial charge in [0.05, 0.1) is 6.10 Å². The second kappa shape index (κ2) is 12.6. The summed E-state index contributed by atoms with van der Waals surface area (Å²) in [7, 11) is 0. The number of hydroxylamine groups is 1. The molecule has 4 rings (SSSR count). The van der Waals surface area contributed by atoms with E-state index in [0.717, 1.165) is 61.3 Å². The highest BCUT2D eigenvalue weighted by Crippen LogP contribution is 2.67. The predicted molar refractivity (Wildman–Crippen MR) is 158 cm³/mol. The van der Waals surface area contributed by atoms with E-state index in [4.69, 9.17) is 4.84 Å². The Morgan fingerprint density at radius 1 is 1.05 bits per heavy atom. The van der Waals surface area contributed by atoms with Crippen molar-refractivity contribution in [2.45, 2.75) is 125 Å². The Morgan fingerprint density at radius 2 is 1.84 bits per heavy atom. The second-order valence-electron chi connectivity index (χ2n) is 14.6. The van der Waals surface area contributed by atoms with Crippen LogP contribution in [-0.2, 0) is 9.63 Å². The van der Waals surface area contributed by atoms with Gasteiger partial charge in [-0.3, -0.25) is 9.63 Å². The maximum Gasteiger partial charge on any atom is 0.246 e. The normalized spacial score (nSPS) is 37.1. The fraction of sp³-hybridized carbons (Fsp3) is 0.853. The van der Waals surface area contributed by atoms with E-state index in [-0.39, 0.29) is 12.0 Å². The molecule has 3 fully saturated rings. The van der Waals surface area contributed by atoms with Crippen LogP contribution in [0, 0.1) is 46.3 Å². The molecule has 0 aromatic heterocycles. The van der Waals surface area contributed by atoms with Crippen LogP contribution in [0.5, 0.6) is 0 Å². The molecule has 4 aliphatic carbocycles. The van der Waals surface area contributed by atoms with Gasteiger partial charge >= 0.3 is 0 Å². The van der Waals surface area contributed by atoms with Crippen molar-refractivity contribution < 1.29 is 9.63 Å². The minimum Gasteiger partial charge on any atom is -0.352 e. The number of fused-ring (bicyclic) bond motifs is 5. The third-order valence-electron chi connectivity index (χ3n) is 11.6. The summed E-state index contributed by atoms with van der Waals surface area (Å²) >= 11 is 0. The molecule has 4 aliphatic rings. The Kier molecular flexibility index (Phi) is 9.88. The van der Waals surface area contributed by atoms with Crippen molar-refractivity contribution in [3.05, 3.63) is 23.8 Å². The van der Waals surface area contributed by atoms with Gasteiger partial charge in [0.1, 0.15) is 0 Å². The molecule has 0 radical (unpaired) electrons. The number of hydrogen-bond acceptors (Lipinski definition) is 3. The summed E-state index contributed by atoms with van der Waals surface area (Å²) in [4.78, 5) is 17.7. The number of nitrogens with one attached hydrogen (secondary N) is 2. The highest BCUT2D eigenvalue weighted by molar-refractivity contribution is 5.91. The molecule has 0 aromatic rings. The van der Waals surface area contributed by atoms with Crippen LogP contribution in [0.4, 0.5) is 0 Å². The van der Waals surface area contributed by atoms with Crippen LogP contribution < -0.4 is 10.8 Å². The summed E-state index contributed by atoms with van der Waals surface area (Å²) in [5, 5.41) is 2.89. The zero-order valence-electron chi connectivity index (χ0n) is 25.5. The van der Waals surface area contributed by atoms with E-state index < -0.39 is 0 Å². The van der Waals surface area contributed by atoms with Crippen LogP contribution in [0.1, 0.15) is 119 Å². The molecule has 0 unspecified atom stereocenters. The van der Waals surface area contributed by atoms with E-state index in [0.29, 0.717) is 22.9 Å². The summed E-state index contributed by atoms with van der Waals surface area (Å²) in [6, 6.07) is 0. The lowest BCUT2D eigenvalue weighted by atomic mass is 9.47. The van der Waals surface area contributed by atoms with Crippen LogP contribution in [-0.4, -0.2) is 25.1 Å². The van der Waals surface area contributed by atoms with Crippen molar-refractivity contribution >= 4 is 5.91 Å². The van der Waals surface area contributed by atoms with Gasteiger partial charge in [-0.25, -0.2) is 5.48 Å². The Labute approximate surface area is 234 Å². The summed E-state index contributed by atoms with van der Waals surface area (Å²) in [6.45, 7) is 19.5. The topological polar surface area (TPSA) is 50.4 Å². The molecule has 216 valence electrons. The van der Waals surface area contributed by atoms with Gasteiger partial charge < -0.3 is 5.32 Å². The van der Waals surface area contributed by atoms with Gasteiger partial charge in [-0.1, -0.05) is 72.1 Å². The van der Waals surface area contributed by atoms with Gasteiger partial charge in [0.2, 0.25) is 5.91 Å². The molecule has 0 aliphatic heterocycles. The van der Waals surface area contributed by atoms with E-state index in [2.05, 4.69) is 58.1 Å². The van der Waals surface area contributed by atoms with Crippen LogP contribution in [0.25, 0.3) is 0 Å². The van der Waals surface area contributed by atoms with E-state index in [1.54, 1.807) is 12.5 Å². The molecule has 3 saturated carbocycles. The first-order valence-electron chi connectivity index (χ1n) is 16.1. The lowest BCUT2D eigenvalue weighted by Gasteiger charge is -2.58. The number of hydrogen-bond donors (Lipinski definition) is 2. The quantitative estimate of drug-likeness (QED) is 0.117. The first-order valence-corrected chi connectivity index (χ1v) is 16.1. The molecule has 4 heteroatoms. The number of rotatable bonds is 12. The molecule has 8 atom stereocenters. The number of carbonyl (C=O) groups is 1. The van der Waals surface area contributed by atoms with Gasteiger partial charge in [-0.05, 0) is 111 Å². The minimum absolute atomic E-state index is 0.0627. The van der Waals surface area contributed by atoms with Gasteiger partial charge in [-0.15, -0.1) is 0 Å². The lowest BCUT2D eigenvalue weighted by Crippen LogP contribution is -2.51. The highest BCUT2D eigenvalue weighted by atomic mass is 16.7. The summed E-state index contributed by atoms with van der Waals surface area (Å²) in [5.74, 6) is 5.27. The molecular weight excluding hydrogens is 468 g/mol. The summed E-state index contributed by atoms with van der Waals surface area (Å²) in [6.07, 6.45) is 18.6. The molecule has 0 saturated heterocycles. The lowest BCUT2D eigenvalue weighted by molar-refractivity contribution is -0.117. The number of amides is 1. The van der Waals surface area contributed by atoms with Crippen molar-refractivity contribution in [2.75, 3.05) is 13.1 Å². The molecule has 2 N–H and O–H groups in total. The van der Waals surface area contributed by atoms with Crippen molar-refractivity contribution in [1.82, 2.24) is 10.8 Å². The number of allylic oxidation sites excluding steroid dienone is 1. The van der Waals surface area contributed by atoms with Crippen LogP contribution in [0.3, 0.4) is 0 Å². The van der Waals surface area contributed by atoms with Gasteiger partial charge in [0.25, 0.3) is 0 Å². The Hall–Kier alpha value is -1.13. The van der Waals surface area contributed by atoms with Gasteiger partial charge in [-0.2, -0.15) is 0 Å². The van der Waals surface area contributed by atoms with E-state index in [9.17, 15) is 4.79 Å². The first-order chi connectivity index (χ1) is 18.1. The summed E-state index contributed by atoms with van der Waals surface area (Å²) in [5.41, 5.74) is 6.37. The van der Waals surface area contributed by atoms with Crippen LogP contribution >= 0.6 is 0 Å². The monoisotopic (exact) mass is 526 g/mol. The molecule has 0 heterocycles. The first kappa shape index (κ1) is 29.8.